The van der Waals surface area contributed by atoms with Gasteiger partial charge in [0.05, 0.1) is 0 Å². The number of hydrogen-bond acceptors (Lipinski definition) is 4. The Labute approximate surface area is 117 Å². The highest BCUT2D eigenvalue weighted by Gasteiger charge is 2.31. The summed E-state index contributed by atoms with van der Waals surface area (Å²) in [7, 11) is 0. The van der Waals surface area contributed by atoms with Gasteiger partial charge >= 0.3 is 6.36 Å². The fourth-order valence-corrected chi connectivity index (χ4v) is 1.64. The van der Waals surface area contributed by atoms with Gasteiger partial charge in [-0.1, -0.05) is 18.2 Å². The van der Waals surface area contributed by atoms with Crippen LogP contribution in [0.4, 0.5) is 19.0 Å². The molecule has 20 heavy (non-hydrogen) atoms. The smallest absolute Gasteiger partial charge is 0.405 e. The van der Waals surface area contributed by atoms with Crippen LogP contribution >= 0.6 is 11.6 Å². The molecule has 2 rings (SSSR count). The van der Waals surface area contributed by atoms with Crippen molar-refractivity contribution in [1.29, 1.82) is 0 Å². The fourth-order valence-electron chi connectivity index (χ4n) is 1.49. The normalized spacial score (nSPS) is 11.2. The Hall–Kier alpha value is -2.02. The Morgan fingerprint density at radius 3 is 2.65 bits per heavy atom. The lowest BCUT2D eigenvalue weighted by atomic mass is 10.2. The van der Waals surface area contributed by atoms with Gasteiger partial charge in [0.1, 0.15) is 11.6 Å². The van der Waals surface area contributed by atoms with E-state index in [9.17, 15) is 13.2 Å². The molecule has 0 amide bonds. The van der Waals surface area contributed by atoms with Gasteiger partial charge in [-0.3, -0.25) is 0 Å². The van der Waals surface area contributed by atoms with Crippen LogP contribution in [0, 0.1) is 0 Å². The van der Waals surface area contributed by atoms with Crippen molar-refractivity contribution in [1.82, 2.24) is 9.97 Å². The number of nitrogens with zero attached hydrogens (tertiary/aromatic N) is 2. The number of rotatable bonds is 4. The quantitative estimate of drug-likeness (QED) is 0.876. The van der Waals surface area contributed by atoms with Gasteiger partial charge < -0.3 is 10.1 Å². The first-order valence-corrected chi connectivity index (χ1v) is 5.88. The first-order chi connectivity index (χ1) is 9.44. The molecule has 0 saturated carbocycles. The summed E-state index contributed by atoms with van der Waals surface area (Å²) in [6.07, 6.45) is -3.29. The van der Waals surface area contributed by atoms with Crippen LogP contribution in [0.5, 0.6) is 5.75 Å². The molecule has 1 heterocycles. The second-order valence-electron chi connectivity index (χ2n) is 3.72. The van der Waals surface area contributed by atoms with E-state index >= 15 is 0 Å². The molecular weight excluding hydrogens is 295 g/mol. The molecule has 1 aromatic carbocycles. The van der Waals surface area contributed by atoms with Crippen molar-refractivity contribution in [3.8, 4) is 5.75 Å². The van der Waals surface area contributed by atoms with Gasteiger partial charge in [0, 0.05) is 18.3 Å². The first-order valence-electron chi connectivity index (χ1n) is 5.50. The molecule has 0 radical (unpaired) electrons. The molecule has 1 aromatic heterocycles. The molecule has 0 aliphatic carbocycles. The lowest BCUT2D eigenvalue weighted by molar-refractivity contribution is -0.274. The molecule has 2 aromatic rings. The van der Waals surface area contributed by atoms with Crippen LogP contribution < -0.4 is 10.1 Å². The summed E-state index contributed by atoms with van der Waals surface area (Å²) in [5, 5.41) is 2.90. The Kier molecular flexibility index (Phi) is 4.29. The van der Waals surface area contributed by atoms with E-state index < -0.39 is 6.36 Å². The summed E-state index contributed by atoms with van der Waals surface area (Å²) in [6.45, 7) is 0.111. The first kappa shape index (κ1) is 14.4. The molecule has 0 bridgehead atoms. The third-order valence-electron chi connectivity index (χ3n) is 2.28. The number of anilines is 1. The lowest BCUT2D eigenvalue weighted by Crippen LogP contribution is -2.18. The topological polar surface area (TPSA) is 47.0 Å². The summed E-state index contributed by atoms with van der Waals surface area (Å²) < 4.78 is 40.7. The van der Waals surface area contributed by atoms with Crippen molar-refractivity contribution in [2.24, 2.45) is 0 Å². The van der Waals surface area contributed by atoms with Crippen LogP contribution in [0.1, 0.15) is 5.56 Å². The molecule has 1 N–H and O–H groups in total. The minimum atomic E-state index is -4.73. The van der Waals surface area contributed by atoms with Crippen LogP contribution in [0.15, 0.2) is 36.5 Å². The third kappa shape index (κ3) is 4.27. The van der Waals surface area contributed by atoms with E-state index in [1.807, 2.05) is 0 Å². The van der Waals surface area contributed by atoms with E-state index in [-0.39, 0.29) is 17.6 Å². The van der Waals surface area contributed by atoms with E-state index in [0.29, 0.717) is 11.4 Å². The highest BCUT2D eigenvalue weighted by Crippen LogP contribution is 2.26. The molecular formula is C12H9ClF3N3O. The van der Waals surface area contributed by atoms with Crippen molar-refractivity contribution in [3.05, 3.63) is 47.4 Å². The van der Waals surface area contributed by atoms with Crippen molar-refractivity contribution in [3.63, 3.8) is 0 Å². The molecule has 0 spiro atoms. The standard InChI is InChI=1S/C12H9ClF3N3O/c13-11-17-6-5-10(19-11)18-7-8-3-1-2-4-9(8)20-12(14,15)16/h1-6H,7H2,(H,17,18,19). The van der Waals surface area contributed by atoms with Gasteiger partial charge in [0.2, 0.25) is 5.28 Å². The number of hydrogen-bond donors (Lipinski definition) is 1. The van der Waals surface area contributed by atoms with E-state index in [1.54, 1.807) is 12.1 Å². The van der Waals surface area contributed by atoms with E-state index in [1.165, 1.54) is 24.4 Å². The third-order valence-corrected chi connectivity index (χ3v) is 2.47. The Bertz CT molecular complexity index is 592. The molecule has 0 atom stereocenters. The van der Waals surface area contributed by atoms with Crippen molar-refractivity contribution >= 4 is 17.4 Å². The number of para-hydroxylation sites is 1. The zero-order chi connectivity index (χ0) is 14.6. The predicted octanol–water partition coefficient (Wildman–Crippen LogP) is 3.64. The van der Waals surface area contributed by atoms with Crippen molar-refractivity contribution in [2.75, 3.05) is 5.32 Å². The SMILES string of the molecule is FC(F)(F)Oc1ccccc1CNc1ccnc(Cl)n1. The molecule has 0 fully saturated rings. The minimum Gasteiger partial charge on any atom is -0.405 e. The average Bonchev–Trinajstić information content (AvgIpc) is 2.36. The zero-order valence-electron chi connectivity index (χ0n) is 9.99. The van der Waals surface area contributed by atoms with Crippen LogP contribution in [-0.4, -0.2) is 16.3 Å². The summed E-state index contributed by atoms with van der Waals surface area (Å²) in [4.78, 5) is 7.57. The van der Waals surface area contributed by atoms with Crippen molar-refractivity contribution in [2.45, 2.75) is 12.9 Å². The van der Waals surface area contributed by atoms with Gasteiger partial charge in [-0.05, 0) is 23.7 Å². The highest BCUT2D eigenvalue weighted by atomic mass is 35.5. The van der Waals surface area contributed by atoms with E-state index in [4.69, 9.17) is 11.6 Å². The Morgan fingerprint density at radius 1 is 1.20 bits per heavy atom. The lowest BCUT2D eigenvalue weighted by Gasteiger charge is -2.13. The maximum atomic E-state index is 12.3. The van der Waals surface area contributed by atoms with Crippen LogP contribution in [0.25, 0.3) is 0 Å². The number of ether oxygens (including phenoxy) is 1. The molecule has 0 unspecified atom stereocenters. The molecule has 0 saturated heterocycles. The molecule has 8 heteroatoms. The highest BCUT2D eigenvalue weighted by molar-refractivity contribution is 6.28. The zero-order valence-corrected chi connectivity index (χ0v) is 10.7. The minimum absolute atomic E-state index is 0.0508. The monoisotopic (exact) mass is 303 g/mol. The number of halogens is 4. The van der Waals surface area contributed by atoms with E-state index in [0.717, 1.165) is 0 Å². The van der Waals surface area contributed by atoms with Crippen molar-refractivity contribution < 1.29 is 17.9 Å². The molecule has 106 valence electrons. The van der Waals surface area contributed by atoms with Crippen LogP contribution in [0.3, 0.4) is 0 Å². The van der Waals surface area contributed by atoms with Gasteiger partial charge in [-0.25, -0.2) is 9.97 Å². The number of alkyl halides is 3. The number of aromatic nitrogens is 2. The summed E-state index contributed by atoms with van der Waals surface area (Å²) >= 11 is 5.61. The van der Waals surface area contributed by atoms with Gasteiger partial charge in [-0.15, -0.1) is 13.2 Å². The van der Waals surface area contributed by atoms with Gasteiger partial charge in [-0.2, -0.15) is 0 Å². The van der Waals surface area contributed by atoms with Gasteiger partial charge in [0.15, 0.2) is 0 Å². The Morgan fingerprint density at radius 2 is 1.95 bits per heavy atom. The second kappa shape index (κ2) is 5.96. The van der Waals surface area contributed by atoms with Gasteiger partial charge in [0.25, 0.3) is 0 Å². The largest absolute Gasteiger partial charge is 0.573 e. The maximum Gasteiger partial charge on any atom is 0.573 e. The van der Waals surface area contributed by atoms with E-state index in [2.05, 4.69) is 20.0 Å². The fraction of sp³-hybridized carbons (Fsp3) is 0.167. The predicted molar refractivity (Wildman–Crippen MR) is 67.5 cm³/mol. The summed E-state index contributed by atoms with van der Waals surface area (Å²) in [5.41, 5.74) is 0.347. The van der Waals surface area contributed by atoms with Crippen LogP contribution in [0.2, 0.25) is 5.28 Å². The number of nitrogens with one attached hydrogen (secondary N) is 1. The average molecular weight is 304 g/mol. The summed E-state index contributed by atoms with van der Waals surface area (Å²) in [6, 6.07) is 7.41. The maximum absolute atomic E-state index is 12.3. The molecule has 4 nitrogen and oxygen atoms in total. The number of benzene rings is 1. The Balaban J connectivity index is 2.09. The molecule has 0 aliphatic rings. The molecule has 0 aliphatic heterocycles. The second-order valence-corrected chi connectivity index (χ2v) is 4.06. The van der Waals surface area contributed by atoms with Crippen LogP contribution in [-0.2, 0) is 6.54 Å². The summed E-state index contributed by atoms with van der Waals surface area (Å²) in [5.74, 6) is 0.152.